The van der Waals surface area contributed by atoms with Gasteiger partial charge in [0.1, 0.15) is 5.75 Å². The van der Waals surface area contributed by atoms with Crippen molar-refractivity contribution in [3.8, 4) is 5.75 Å². The second kappa shape index (κ2) is 10.5. The highest BCUT2D eigenvalue weighted by Gasteiger charge is 2.35. The molecule has 0 saturated carbocycles. The van der Waals surface area contributed by atoms with Gasteiger partial charge in [-0.05, 0) is 61.1 Å². The molecule has 0 radical (unpaired) electrons. The summed E-state index contributed by atoms with van der Waals surface area (Å²) in [5.41, 5.74) is 4.07. The molecule has 4 heteroatoms. The van der Waals surface area contributed by atoms with Crippen LogP contribution in [0.3, 0.4) is 0 Å². The largest absolute Gasteiger partial charge is 0.494 e. The van der Waals surface area contributed by atoms with Crippen LogP contribution in [0.5, 0.6) is 5.75 Å². The molecule has 1 heterocycles. The highest BCUT2D eigenvalue weighted by molar-refractivity contribution is 5.95. The first kappa shape index (κ1) is 22.1. The van der Waals surface area contributed by atoms with E-state index >= 15 is 0 Å². The minimum atomic E-state index is -0.132. The lowest BCUT2D eigenvalue weighted by Crippen LogP contribution is -2.44. The molecule has 32 heavy (non-hydrogen) atoms. The Labute approximate surface area is 190 Å². The van der Waals surface area contributed by atoms with Gasteiger partial charge in [0.2, 0.25) is 0 Å². The zero-order chi connectivity index (χ0) is 22.2. The van der Waals surface area contributed by atoms with Crippen molar-refractivity contribution in [1.82, 2.24) is 5.32 Å². The smallest absolute Gasteiger partial charge is 0.251 e. The molecule has 1 aliphatic rings. The molecule has 0 bridgehead atoms. The molecule has 3 aromatic carbocycles. The SMILES string of the molecule is CCOc1ccc(C2(CNC(=O)c3ccccc3Cc3ccccc3)CCOCC2)cc1. The van der Waals surface area contributed by atoms with Crippen LogP contribution < -0.4 is 10.1 Å². The summed E-state index contributed by atoms with van der Waals surface area (Å²) in [6.07, 6.45) is 2.50. The summed E-state index contributed by atoms with van der Waals surface area (Å²) >= 11 is 0. The lowest BCUT2D eigenvalue weighted by Gasteiger charge is -2.38. The summed E-state index contributed by atoms with van der Waals surface area (Å²) in [7, 11) is 0. The molecule has 1 amide bonds. The zero-order valence-electron chi connectivity index (χ0n) is 18.7. The van der Waals surface area contributed by atoms with Crippen LogP contribution in [0.4, 0.5) is 0 Å². The van der Waals surface area contributed by atoms with E-state index in [1.54, 1.807) is 0 Å². The molecule has 0 spiro atoms. The number of carbonyl (C=O) groups is 1. The maximum Gasteiger partial charge on any atom is 0.251 e. The topological polar surface area (TPSA) is 47.6 Å². The molecule has 1 N–H and O–H groups in total. The van der Waals surface area contributed by atoms with Gasteiger partial charge < -0.3 is 14.8 Å². The van der Waals surface area contributed by atoms with Crippen LogP contribution in [0.2, 0.25) is 0 Å². The van der Waals surface area contributed by atoms with Gasteiger partial charge in [-0.1, -0.05) is 60.7 Å². The van der Waals surface area contributed by atoms with E-state index in [0.717, 1.165) is 36.1 Å². The van der Waals surface area contributed by atoms with Crippen molar-refractivity contribution >= 4 is 5.91 Å². The first-order valence-corrected chi connectivity index (χ1v) is 11.4. The van der Waals surface area contributed by atoms with Gasteiger partial charge in [0.15, 0.2) is 0 Å². The van der Waals surface area contributed by atoms with Crippen LogP contribution in [0.15, 0.2) is 78.9 Å². The molecule has 4 rings (SSSR count). The number of rotatable bonds is 8. The standard InChI is InChI=1S/C28H31NO3/c1-2-32-25-14-12-24(13-15-25)28(16-18-31-19-17-28)21-29-27(30)26-11-7-6-10-23(26)20-22-8-4-3-5-9-22/h3-15H,2,16-21H2,1H3,(H,29,30). The van der Waals surface area contributed by atoms with Crippen molar-refractivity contribution in [3.63, 3.8) is 0 Å². The second-order valence-electron chi connectivity index (χ2n) is 8.35. The normalized spacial score (nSPS) is 15.2. The van der Waals surface area contributed by atoms with Gasteiger partial charge >= 0.3 is 0 Å². The molecule has 1 fully saturated rings. The van der Waals surface area contributed by atoms with Gasteiger partial charge in [-0.25, -0.2) is 0 Å². The summed E-state index contributed by atoms with van der Waals surface area (Å²) in [6, 6.07) is 26.4. The van der Waals surface area contributed by atoms with Crippen LogP contribution in [-0.4, -0.2) is 32.3 Å². The van der Waals surface area contributed by atoms with Crippen LogP contribution in [0.25, 0.3) is 0 Å². The van der Waals surface area contributed by atoms with E-state index in [2.05, 4.69) is 29.6 Å². The summed E-state index contributed by atoms with van der Waals surface area (Å²) in [6.45, 7) is 4.63. The quantitative estimate of drug-likeness (QED) is 0.538. The fourth-order valence-electron chi connectivity index (χ4n) is 4.46. The first-order chi connectivity index (χ1) is 15.7. The third-order valence-electron chi connectivity index (χ3n) is 6.31. The lowest BCUT2D eigenvalue weighted by molar-refractivity contribution is 0.0487. The van der Waals surface area contributed by atoms with E-state index in [0.29, 0.717) is 26.4 Å². The van der Waals surface area contributed by atoms with Gasteiger partial charge in [-0.2, -0.15) is 0 Å². The highest BCUT2D eigenvalue weighted by Crippen LogP contribution is 2.35. The van der Waals surface area contributed by atoms with Crippen LogP contribution in [0.1, 0.15) is 46.8 Å². The minimum absolute atomic E-state index is 0.0201. The van der Waals surface area contributed by atoms with Crippen molar-refractivity contribution in [3.05, 3.63) is 101 Å². The molecule has 0 aromatic heterocycles. The van der Waals surface area contributed by atoms with Gasteiger partial charge in [0, 0.05) is 30.7 Å². The van der Waals surface area contributed by atoms with Gasteiger partial charge in [0.25, 0.3) is 5.91 Å². The van der Waals surface area contributed by atoms with E-state index in [4.69, 9.17) is 9.47 Å². The van der Waals surface area contributed by atoms with E-state index < -0.39 is 0 Å². The predicted molar refractivity (Wildman–Crippen MR) is 127 cm³/mol. The van der Waals surface area contributed by atoms with Gasteiger partial charge in [0.05, 0.1) is 6.61 Å². The van der Waals surface area contributed by atoms with Crippen LogP contribution in [-0.2, 0) is 16.6 Å². The van der Waals surface area contributed by atoms with Crippen LogP contribution >= 0.6 is 0 Å². The maximum atomic E-state index is 13.2. The van der Waals surface area contributed by atoms with E-state index in [-0.39, 0.29) is 11.3 Å². The predicted octanol–water partition coefficient (Wildman–Crippen LogP) is 5.15. The third-order valence-corrected chi connectivity index (χ3v) is 6.31. The fourth-order valence-corrected chi connectivity index (χ4v) is 4.46. The van der Waals surface area contributed by atoms with E-state index in [1.165, 1.54) is 11.1 Å². The Kier molecular flexibility index (Phi) is 7.23. The second-order valence-corrected chi connectivity index (χ2v) is 8.35. The van der Waals surface area contributed by atoms with Gasteiger partial charge in [-0.3, -0.25) is 4.79 Å². The van der Waals surface area contributed by atoms with Gasteiger partial charge in [-0.15, -0.1) is 0 Å². The third kappa shape index (κ3) is 5.20. The molecule has 4 nitrogen and oxygen atoms in total. The van der Waals surface area contributed by atoms with E-state index in [1.807, 2.05) is 61.5 Å². The number of amides is 1. The summed E-state index contributed by atoms with van der Waals surface area (Å²) in [5, 5.41) is 3.25. The number of hydrogen-bond donors (Lipinski definition) is 1. The zero-order valence-corrected chi connectivity index (χ0v) is 18.7. The highest BCUT2D eigenvalue weighted by atomic mass is 16.5. The molecule has 0 unspecified atom stereocenters. The Hall–Kier alpha value is -3.11. The fraction of sp³-hybridized carbons (Fsp3) is 0.321. The number of nitrogens with one attached hydrogen (secondary N) is 1. The molecule has 1 aliphatic heterocycles. The molecule has 166 valence electrons. The Balaban J connectivity index is 1.51. The number of ether oxygens (including phenoxy) is 2. The average Bonchev–Trinajstić information content (AvgIpc) is 2.85. The Morgan fingerprint density at radius 3 is 2.34 bits per heavy atom. The molecular weight excluding hydrogens is 398 g/mol. The average molecular weight is 430 g/mol. The Morgan fingerprint density at radius 1 is 0.938 bits per heavy atom. The molecule has 0 aliphatic carbocycles. The van der Waals surface area contributed by atoms with Crippen molar-refractivity contribution in [2.24, 2.45) is 0 Å². The first-order valence-electron chi connectivity index (χ1n) is 11.4. The van der Waals surface area contributed by atoms with Crippen molar-refractivity contribution in [1.29, 1.82) is 0 Å². The Morgan fingerprint density at radius 2 is 1.62 bits per heavy atom. The number of hydrogen-bond acceptors (Lipinski definition) is 3. The molecule has 3 aromatic rings. The Bertz CT molecular complexity index is 1010. The summed E-state index contributed by atoms with van der Waals surface area (Å²) < 4.78 is 11.3. The molecule has 1 saturated heterocycles. The van der Waals surface area contributed by atoms with Crippen molar-refractivity contribution in [2.75, 3.05) is 26.4 Å². The van der Waals surface area contributed by atoms with Crippen molar-refractivity contribution < 1.29 is 14.3 Å². The minimum Gasteiger partial charge on any atom is -0.494 e. The lowest BCUT2D eigenvalue weighted by atomic mass is 9.74. The number of benzene rings is 3. The maximum absolute atomic E-state index is 13.2. The molecule has 0 atom stereocenters. The van der Waals surface area contributed by atoms with Crippen LogP contribution in [0, 0.1) is 0 Å². The summed E-state index contributed by atoms with van der Waals surface area (Å²) in [5.74, 6) is 0.852. The molecular formula is C28H31NO3. The summed E-state index contributed by atoms with van der Waals surface area (Å²) in [4.78, 5) is 13.2. The monoisotopic (exact) mass is 429 g/mol. The van der Waals surface area contributed by atoms with E-state index in [9.17, 15) is 4.79 Å². The van der Waals surface area contributed by atoms with Crippen molar-refractivity contribution in [2.45, 2.75) is 31.6 Å². The number of carbonyl (C=O) groups excluding carboxylic acids is 1.